The Labute approximate surface area is 220 Å². The normalized spacial score (nSPS) is 13.3. The summed E-state index contributed by atoms with van der Waals surface area (Å²) in [6, 6.07) is 6.48. The zero-order chi connectivity index (χ0) is 27.7. The van der Waals surface area contributed by atoms with Crippen molar-refractivity contribution in [1.82, 2.24) is 10.2 Å². The van der Waals surface area contributed by atoms with Crippen LogP contribution in [0.5, 0.6) is 5.75 Å². The van der Waals surface area contributed by atoms with Gasteiger partial charge in [0.1, 0.15) is 0 Å². The lowest BCUT2D eigenvalue weighted by Crippen LogP contribution is -2.47. The number of phenolic OH excluding ortho intramolecular Hbond substituents is 1. The third kappa shape index (κ3) is 8.70. The first-order chi connectivity index (χ1) is 17.4. The lowest BCUT2D eigenvalue weighted by atomic mass is 10.2. The number of amides is 1. The summed E-state index contributed by atoms with van der Waals surface area (Å²) in [5.74, 6) is -1.17. The SMILES string of the molecule is CC(=O)NCCCN1CCN(c2cc(Cl)ccc2Cl)CC1.O=[N+]([O-])c1cc([N+](=O)[O-])c(O)c([N+](=O)[O-])c1. The van der Waals surface area contributed by atoms with Crippen LogP contribution in [-0.4, -0.2) is 70.0 Å². The van der Waals surface area contributed by atoms with Crippen LogP contribution >= 0.6 is 23.2 Å². The van der Waals surface area contributed by atoms with Crippen molar-refractivity contribution in [3.8, 4) is 5.75 Å². The largest absolute Gasteiger partial charge is 0.497 e. The number of nitrogens with one attached hydrogen (secondary N) is 1. The molecule has 0 atom stereocenters. The van der Waals surface area contributed by atoms with Gasteiger partial charge in [-0.25, -0.2) is 0 Å². The van der Waals surface area contributed by atoms with Crippen molar-refractivity contribution in [2.24, 2.45) is 0 Å². The van der Waals surface area contributed by atoms with Crippen LogP contribution in [0.2, 0.25) is 10.0 Å². The summed E-state index contributed by atoms with van der Waals surface area (Å²) in [4.78, 5) is 43.3. The Morgan fingerprint density at radius 1 is 0.973 bits per heavy atom. The van der Waals surface area contributed by atoms with E-state index in [0.29, 0.717) is 17.2 Å². The summed E-state index contributed by atoms with van der Waals surface area (Å²) >= 11 is 12.3. The van der Waals surface area contributed by atoms with E-state index in [9.17, 15) is 35.1 Å². The number of phenols is 1. The molecule has 1 amide bonds. The third-order valence-corrected chi connectivity index (χ3v) is 5.86. The monoisotopic (exact) mass is 558 g/mol. The number of nitro benzene ring substituents is 3. The van der Waals surface area contributed by atoms with Gasteiger partial charge in [0.25, 0.3) is 11.4 Å². The van der Waals surface area contributed by atoms with Gasteiger partial charge >= 0.3 is 11.4 Å². The smallest absolute Gasteiger partial charge is 0.324 e. The first kappa shape index (κ1) is 29.5. The van der Waals surface area contributed by atoms with Crippen LogP contribution in [0.4, 0.5) is 22.7 Å². The predicted octanol–water partition coefficient (Wildman–Crippen LogP) is 3.76. The number of carbonyl (C=O) groups excluding carboxylic acids is 1. The summed E-state index contributed by atoms with van der Waals surface area (Å²) in [5, 5.41) is 44.5. The first-order valence-corrected chi connectivity index (χ1v) is 11.6. The molecule has 0 radical (unpaired) electrons. The number of nitro groups is 3. The second-order valence-corrected chi connectivity index (χ2v) is 8.71. The molecule has 0 bridgehead atoms. The molecule has 37 heavy (non-hydrogen) atoms. The standard InChI is InChI=1S/C15H21Cl2N3O.C6H3N3O7/c1-12(21)18-5-2-6-19-7-9-20(10-8-19)15-11-13(16)3-4-14(15)17;10-6-4(8(13)14)1-3(7(11)12)2-5(6)9(15)16/h3-4,11H,2,5-10H2,1H3,(H,18,21);1-2,10H. The van der Waals surface area contributed by atoms with Gasteiger partial charge in [-0.15, -0.1) is 0 Å². The van der Waals surface area contributed by atoms with E-state index >= 15 is 0 Å². The van der Waals surface area contributed by atoms with Crippen LogP contribution in [0.25, 0.3) is 0 Å². The van der Waals surface area contributed by atoms with E-state index in [4.69, 9.17) is 28.3 Å². The number of rotatable bonds is 8. The van der Waals surface area contributed by atoms with Crippen molar-refractivity contribution in [3.63, 3.8) is 0 Å². The fraction of sp³-hybridized carbons (Fsp3) is 0.381. The number of benzene rings is 2. The Morgan fingerprint density at radius 3 is 2.03 bits per heavy atom. The van der Waals surface area contributed by atoms with Crippen LogP contribution < -0.4 is 10.2 Å². The van der Waals surface area contributed by atoms with E-state index in [1.165, 1.54) is 0 Å². The highest BCUT2D eigenvalue weighted by Crippen LogP contribution is 2.39. The summed E-state index contributed by atoms with van der Waals surface area (Å²) in [6.45, 7) is 7.20. The minimum Gasteiger partial charge on any atom is -0.497 e. The summed E-state index contributed by atoms with van der Waals surface area (Å²) in [7, 11) is 0. The molecule has 2 N–H and O–H groups in total. The van der Waals surface area contributed by atoms with Crippen molar-refractivity contribution in [1.29, 1.82) is 0 Å². The van der Waals surface area contributed by atoms with E-state index in [2.05, 4.69) is 15.1 Å². The van der Waals surface area contributed by atoms with Gasteiger partial charge in [0.05, 0.1) is 37.6 Å². The number of carbonyl (C=O) groups is 1. The number of hydrogen-bond acceptors (Lipinski definition) is 10. The molecule has 14 nitrogen and oxygen atoms in total. The maximum atomic E-state index is 10.8. The van der Waals surface area contributed by atoms with Gasteiger partial charge in [0, 0.05) is 44.7 Å². The maximum absolute atomic E-state index is 10.8. The van der Waals surface area contributed by atoms with Gasteiger partial charge < -0.3 is 15.3 Å². The van der Waals surface area contributed by atoms with Crippen molar-refractivity contribution >= 4 is 51.9 Å². The average molecular weight is 559 g/mol. The molecule has 16 heteroatoms. The Balaban J connectivity index is 0.000000271. The fourth-order valence-electron chi connectivity index (χ4n) is 3.48. The van der Waals surface area contributed by atoms with Crippen LogP contribution in [-0.2, 0) is 4.79 Å². The van der Waals surface area contributed by atoms with E-state index in [1.807, 2.05) is 18.2 Å². The lowest BCUT2D eigenvalue weighted by Gasteiger charge is -2.36. The molecule has 0 saturated carbocycles. The van der Waals surface area contributed by atoms with Crippen molar-refractivity contribution in [3.05, 3.63) is 70.7 Å². The van der Waals surface area contributed by atoms with E-state index < -0.39 is 37.6 Å². The first-order valence-electron chi connectivity index (χ1n) is 10.9. The van der Waals surface area contributed by atoms with Gasteiger partial charge in [-0.05, 0) is 31.2 Å². The molecule has 200 valence electrons. The van der Waals surface area contributed by atoms with Crippen molar-refractivity contribution in [2.75, 3.05) is 44.2 Å². The average Bonchev–Trinajstić information content (AvgIpc) is 2.83. The number of piperazine rings is 1. The molecule has 0 spiro atoms. The summed E-state index contributed by atoms with van der Waals surface area (Å²) in [6.07, 6.45) is 0.984. The quantitative estimate of drug-likeness (QED) is 0.274. The predicted molar refractivity (Wildman–Crippen MR) is 136 cm³/mol. The Hall–Kier alpha value is -3.75. The maximum Gasteiger partial charge on any atom is 0.324 e. The van der Waals surface area contributed by atoms with Gasteiger partial charge in [0.15, 0.2) is 0 Å². The van der Waals surface area contributed by atoms with E-state index in [0.717, 1.165) is 56.4 Å². The highest BCUT2D eigenvalue weighted by Gasteiger charge is 2.30. The molecule has 0 aromatic heterocycles. The molecule has 3 rings (SSSR count). The van der Waals surface area contributed by atoms with E-state index in [-0.39, 0.29) is 5.91 Å². The number of nitrogens with zero attached hydrogens (tertiary/aromatic N) is 5. The third-order valence-electron chi connectivity index (χ3n) is 5.30. The van der Waals surface area contributed by atoms with Crippen LogP contribution in [0.15, 0.2) is 30.3 Å². The molecule has 1 saturated heterocycles. The Bertz CT molecular complexity index is 1140. The summed E-state index contributed by atoms with van der Waals surface area (Å²) < 4.78 is 0. The molecule has 0 aliphatic carbocycles. The number of hydrogen-bond donors (Lipinski definition) is 2. The Morgan fingerprint density at radius 2 is 1.54 bits per heavy atom. The molecule has 1 heterocycles. The van der Waals surface area contributed by atoms with Gasteiger partial charge in [0.2, 0.25) is 5.91 Å². The summed E-state index contributed by atoms with van der Waals surface area (Å²) in [5.41, 5.74) is -1.99. The molecule has 0 unspecified atom stereocenters. The van der Waals surface area contributed by atoms with Gasteiger partial charge in [-0.3, -0.25) is 40.0 Å². The zero-order valence-electron chi connectivity index (χ0n) is 19.6. The minimum atomic E-state index is -1.21. The van der Waals surface area contributed by atoms with Gasteiger partial charge in [-0.1, -0.05) is 23.2 Å². The van der Waals surface area contributed by atoms with Crippen LogP contribution in [0.3, 0.4) is 0 Å². The van der Waals surface area contributed by atoms with Gasteiger partial charge in [-0.2, -0.15) is 0 Å². The molecule has 1 aliphatic heterocycles. The van der Waals surface area contributed by atoms with Crippen molar-refractivity contribution in [2.45, 2.75) is 13.3 Å². The number of halogens is 2. The van der Waals surface area contributed by atoms with Crippen LogP contribution in [0.1, 0.15) is 13.3 Å². The lowest BCUT2D eigenvalue weighted by molar-refractivity contribution is -0.404. The molecular weight excluding hydrogens is 535 g/mol. The topological polar surface area (TPSA) is 185 Å². The molecule has 1 aliphatic rings. The minimum absolute atomic E-state index is 0.0374. The Kier molecular flexibility index (Phi) is 10.8. The van der Waals surface area contributed by atoms with Crippen LogP contribution in [0, 0.1) is 30.3 Å². The highest BCUT2D eigenvalue weighted by atomic mass is 35.5. The fourth-order valence-corrected chi connectivity index (χ4v) is 3.88. The zero-order valence-corrected chi connectivity index (χ0v) is 21.1. The number of anilines is 1. The molecule has 2 aromatic carbocycles. The molecular formula is C21H24Cl2N6O8. The second kappa shape index (κ2) is 13.5. The highest BCUT2D eigenvalue weighted by molar-refractivity contribution is 6.35. The van der Waals surface area contributed by atoms with Crippen molar-refractivity contribution < 1.29 is 24.7 Å². The van der Waals surface area contributed by atoms with E-state index in [1.54, 1.807) is 6.92 Å². The number of non-ortho nitro benzene ring substituents is 1. The second-order valence-electron chi connectivity index (χ2n) is 7.86. The molecule has 1 fully saturated rings. The molecule has 2 aromatic rings. The number of aromatic hydroxyl groups is 1.